The standard InChI is InChI=1S/C19H25N3O2/c1-15(23)12-19(2,3)13-21-18(24)9-6-16-4-7-17(8-5-16)22-11-10-20-14-22/h4-11,14-15,23H,12-13H2,1-3H3,(H,21,24). The van der Waals surface area contributed by atoms with Gasteiger partial charge in [-0.05, 0) is 42.5 Å². The third kappa shape index (κ3) is 5.66. The Hall–Kier alpha value is -2.40. The number of hydrogen-bond acceptors (Lipinski definition) is 3. The molecule has 2 rings (SSSR count). The van der Waals surface area contributed by atoms with Crippen molar-refractivity contribution in [1.29, 1.82) is 0 Å². The van der Waals surface area contributed by atoms with E-state index >= 15 is 0 Å². The second kappa shape index (κ2) is 7.93. The quantitative estimate of drug-likeness (QED) is 0.769. The van der Waals surface area contributed by atoms with Gasteiger partial charge in [-0.15, -0.1) is 0 Å². The van der Waals surface area contributed by atoms with Crippen LogP contribution in [-0.4, -0.2) is 33.2 Å². The SMILES string of the molecule is CC(O)CC(C)(C)CNC(=O)C=Cc1ccc(-n2ccnc2)cc1. The summed E-state index contributed by atoms with van der Waals surface area (Å²) in [5, 5.41) is 12.3. The minimum absolute atomic E-state index is 0.132. The lowest BCUT2D eigenvalue weighted by Crippen LogP contribution is -2.34. The lowest BCUT2D eigenvalue weighted by molar-refractivity contribution is -0.117. The molecule has 0 aliphatic heterocycles. The van der Waals surface area contributed by atoms with E-state index in [-0.39, 0.29) is 17.4 Å². The molecule has 2 aromatic rings. The molecule has 0 fully saturated rings. The molecule has 24 heavy (non-hydrogen) atoms. The summed E-state index contributed by atoms with van der Waals surface area (Å²) in [5.74, 6) is -0.132. The molecule has 0 aliphatic carbocycles. The normalized spacial score (nSPS) is 13.2. The van der Waals surface area contributed by atoms with Crippen LogP contribution in [0.1, 0.15) is 32.8 Å². The van der Waals surface area contributed by atoms with E-state index in [4.69, 9.17) is 0 Å². The Balaban J connectivity index is 1.87. The van der Waals surface area contributed by atoms with Gasteiger partial charge in [0, 0.05) is 30.7 Å². The number of aromatic nitrogens is 2. The second-order valence-corrected chi connectivity index (χ2v) is 6.83. The Bertz CT molecular complexity index is 671. The van der Waals surface area contributed by atoms with E-state index in [1.165, 1.54) is 6.08 Å². The van der Waals surface area contributed by atoms with Crippen molar-refractivity contribution < 1.29 is 9.90 Å². The summed E-state index contributed by atoms with van der Waals surface area (Å²) in [6.45, 7) is 6.34. The monoisotopic (exact) mass is 327 g/mol. The highest BCUT2D eigenvalue weighted by molar-refractivity contribution is 5.91. The maximum atomic E-state index is 11.9. The smallest absolute Gasteiger partial charge is 0.244 e. The van der Waals surface area contributed by atoms with Crippen molar-refractivity contribution in [3.05, 3.63) is 54.6 Å². The van der Waals surface area contributed by atoms with Crippen LogP contribution in [0.3, 0.4) is 0 Å². The average molecular weight is 327 g/mol. The first-order valence-corrected chi connectivity index (χ1v) is 8.08. The number of carbonyl (C=O) groups excluding carboxylic acids is 1. The average Bonchev–Trinajstić information content (AvgIpc) is 3.05. The summed E-state index contributed by atoms with van der Waals surface area (Å²) in [5.41, 5.74) is 1.84. The Labute approximate surface area is 143 Å². The Kier molecular flexibility index (Phi) is 5.93. The number of aliphatic hydroxyl groups excluding tert-OH is 1. The van der Waals surface area contributed by atoms with Crippen LogP contribution in [0.2, 0.25) is 0 Å². The minimum Gasteiger partial charge on any atom is -0.393 e. The predicted molar refractivity (Wildman–Crippen MR) is 95.7 cm³/mol. The summed E-state index contributed by atoms with van der Waals surface area (Å²) >= 11 is 0. The molecule has 2 N–H and O–H groups in total. The van der Waals surface area contributed by atoms with Gasteiger partial charge in [0.25, 0.3) is 0 Å². The molecule has 0 spiro atoms. The van der Waals surface area contributed by atoms with E-state index in [0.717, 1.165) is 11.3 Å². The van der Waals surface area contributed by atoms with Crippen LogP contribution in [0.15, 0.2) is 49.1 Å². The van der Waals surface area contributed by atoms with E-state index < -0.39 is 0 Å². The van der Waals surface area contributed by atoms with Gasteiger partial charge in [0.15, 0.2) is 0 Å². The fourth-order valence-electron chi connectivity index (χ4n) is 2.60. The van der Waals surface area contributed by atoms with Crippen LogP contribution in [0.4, 0.5) is 0 Å². The Morgan fingerprint density at radius 2 is 2.08 bits per heavy atom. The molecule has 1 aromatic heterocycles. The highest BCUT2D eigenvalue weighted by atomic mass is 16.3. The maximum absolute atomic E-state index is 11.9. The highest BCUT2D eigenvalue weighted by Crippen LogP contribution is 2.21. The summed E-state index contributed by atoms with van der Waals surface area (Å²) in [4.78, 5) is 15.9. The third-order valence-electron chi connectivity index (χ3n) is 3.71. The lowest BCUT2D eigenvalue weighted by atomic mass is 9.87. The topological polar surface area (TPSA) is 67.2 Å². The Morgan fingerprint density at radius 3 is 2.67 bits per heavy atom. The number of amides is 1. The largest absolute Gasteiger partial charge is 0.393 e. The van der Waals surface area contributed by atoms with Crippen molar-refractivity contribution >= 4 is 12.0 Å². The van der Waals surface area contributed by atoms with Gasteiger partial charge >= 0.3 is 0 Å². The molecular weight excluding hydrogens is 302 g/mol. The molecule has 5 nitrogen and oxygen atoms in total. The summed E-state index contributed by atoms with van der Waals surface area (Å²) in [6, 6.07) is 7.86. The zero-order valence-corrected chi connectivity index (χ0v) is 14.4. The number of hydrogen-bond donors (Lipinski definition) is 2. The number of imidazole rings is 1. The number of nitrogens with one attached hydrogen (secondary N) is 1. The zero-order chi connectivity index (χ0) is 17.6. The molecule has 0 radical (unpaired) electrons. The van der Waals surface area contributed by atoms with Gasteiger partial charge in [-0.2, -0.15) is 0 Å². The molecule has 1 amide bonds. The molecule has 128 valence electrons. The van der Waals surface area contributed by atoms with Crippen molar-refractivity contribution in [1.82, 2.24) is 14.9 Å². The molecule has 0 aliphatic rings. The lowest BCUT2D eigenvalue weighted by Gasteiger charge is -2.26. The molecular formula is C19H25N3O2. The molecule has 5 heteroatoms. The molecule has 0 bridgehead atoms. The molecule has 1 heterocycles. The minimum atomic E-state index is -0.374. The van der Waals surface area contributed by atoms with Crippen LogP contribution in [0, 0.1) is 5.41 Å². The van der Waals surface area contributed by atoms with E-state index in [9.17, 15) is 9.90 Å². The summed E-state index contributed by atoms with van der Waals surface area (Å²) < 4.78 is 1.92. The van der Waals surface area contributed by atoms with Gasteiger partial charge in [-0.1, -0.05) is 26.0 Å². The van der Waals surface area contributed by atoms with Crippen molar-refractivity contribution in [3.63, 3.8) is 0 Å². The summed E-state index contributed by atoms with van der Waals surface area (Å²) in [6.07, 6.45) is 8.95. The van der Waals surface area contributed by atoms with E-state index in [2.05, 4.69) is 10.3 Å². The van der Waals surface area contributed by atoms with Crippen LogP contribution < -0.4 is 5.32 Å². The first-order valence-electron chi connectivity index (χ1n) is 8.08. The Morgan fingerprint density at radius 1 is 1.38 bits per heavy atom. The van der Waals surface area contributed by atoms with E-state index in [0.29, 0.717) is 13.0 Å². The molecule has 0 saturated heterocycles. The first kappa shape index (κ1) is 17.9. The number of rotatable bonds is 7. The van der Waals surface area contributed by atoms with Crippen LogP contribution in [-0.2, 0) is 4.79 Å². The number of aliphatic hydroxyl groups is 1. The van der Waals surface area contributed by atoms with Gasteiger partial charge in [0.1, 0.15) is 0 Å². The summed E-state index contributed by atoms with van der Waals surface area (Å²) in [7, 11) is 0. The predicted octanol–water partition coefficient (Wildman–Crippen LogP) is 2.80. The zero-order valence-electron chi connectivity index (χ0n) is 14.4. The molecule has 1 unspecified atom stereocenters. The molecule has 1 atom stereocenters. The van der Waals surface area contributed by atoms with Gasteiger partial charge in [0.05, 0.1) is 12.4 Å². The first-order chi connectivity index (χ1) is 11.4. The van der Waals surface area contributed by atoms with Crippen LogP contribution in [0.25, 0.3) is 11.8 Å². The number of nitrogens with zero attached hydrogens (tertiary/aromatic N) is 2. The van der Waals surface area contributed by atoms with Crippen molar-refractivity contribution in [2.75, 3.05) is 6.54 Å². The highest BCUT2D eigenvalue weighted by Gasteiger charge is 2.20. The third-order valence-corrected chi connectivity index (χ3v) is 3.71. The molecule has 0 saturated carbocycles. The van der Waals surface area contributed by atoms with Crippen molar-refractivity contribution in [2.24, 2.45) is 5.41 Å². The van der Waals surface area contributed by atoms with Gasteiger partial charge in [0.2, 0.25) is 5.91 Å². The van der Waals surface area contributed by atoms with Crippen LogP contribution >= 0.6 is 0 Å². The van der Waals surface area contributed by atoms with Crippen molar-refractivity contribution in [3.8, 4) is 5.69 Å². The molecule has 1 aromatic carbocycles. The second-order valence-electron chi connectivity index (χ2n) is 6.83. The van der Waals surface area contributed by atoms with Crippen molar-refractivity contribution in [2.45, 2.75) is 33.3 Å². The van der Waals surface area contributed by atoms with Gasteiger partial charge < -0.3 is 15.0 Å². The number of carbonyl (C=O) groups is 1. The maximum Gasteiger partial charge on any atom is 0.244 e. The van der Waals surface area contributed by atoms with Gasteiger partial charge in [-0.25, -0.2) is 4.98 Å². The fraction of sp³-hybridized carbons (Fsp3) is 0.368. The van der Waals surface area contributed by atoms with E-state index in [1.54, 1.807) is 25.5 Å². The van der Waals surface area contributed by atoms with Crippen LogP contribution in [0.5, 0.6) is 0 Å². The fourth-order valence-corrected chi connectivity index (χ4v) is 2.60. The number of benzene rings is 1. The van der Waals surface area contributed by atoms with Gasteiger partial charge in [-0.3, -0.25) is 4.79 Å². The van der Waals surface area contributed by atoms with E-state index in [1.807, 2.05) is 48.9 Å².